The first-order valence-corrected chi connectivity index (χ1v) is 16.6. The van der Waals surface area contributed by atoms with Gasteiger partial charge in [-0.15, -0.1) is 11.3 Å². The van der Waals surface area contributed by atoms with Crippen molar-refractivity contribution in [2.45, 2.75) is 0 Å². The minimum atomic E-state index is 0.329. The van der Waals surface area contributed by atoms with Gasteiger partial charge in [-0.3, -0.25) is 0 Å². The Hall–Kier alpha value is -5.24. The van der Waals surface area contributed by atoms with Crippen LogP contribution in [0.1, 0.15) is 11.1 Å². The van der Waals surface area contributed by atoms with Gasteiger partial charge in [0.2, 0.25) is 0 Å². The van der Waals surface area contributed by atoms with E-state index in [0.717, 1.165) is 0 Å². The van der Waals surface area contributed by atoms with Crippen LogP contribution < -0.4 is 0 Å². The molecule has 210 valence electrons. The molecule has 0 nitrogen and oxygen atoms in total. The Morgan fingerprint density at radius 2 is 1.18 bits per heavy atom. The number of fused-ring (bicyclic) bond motifs is 4. The molecule has 4 aliphatic rings. The molecule has 0 saturated heterocycles. The lowest BCUT2D eigenvalue weighted by Gasteiger charge is -2.42. The Labute approximate surface area is 266 Å². The standard InChI is InChI=1S/C44H28S/c1-2-8-33-27(6-1)7-5-10-34(33)28-12-14-29(15-13-28)35-21-16-30-19-25-40-36(22-17-31-18-24-39(35)43(30)44(31)40)32-20-23-38-37-9-3-4-11-41(37)45-42(38)26-32/h1-26,43-44H. The van der Waals surface area contributed by atoms with E-state index in [1.165, 1.54) is 86.6 Å². The molecule has 45 heavy (non-hydrogen) atoms. The predicted octanol–water partition coefficient (Wildman–Crippen LogP) is 11.9. The average molecular weight is 589 g/mol. The second-order valence-corrected chi connectivity index (χ2v) is 13.5. The first-order valence-electron chi connectivity index (χ1n) is 15.7. The second-order valence-electron chi connectivity index (χ2n) is 12.4. The normalized spacial score (nSPS) is 19.8. The molecule has 1 heterocycles. The highest BCUT2D eigenvalue weighted by Gasteiger charge is 2.40. The highest BCUT2D eigenvalue weighted by molar-refractivity contribution is 7.25. The van der Waals surface area contributed by atoms with Gasteiger partial charge in [0, 0.05) is 32.0 Å². The summed E-state index contributed by atoms with van der Waals surface area (Å²) in [5.74, 6) is 0.661. The summed E-state index contributed by atoms with van der Waals surface area (Å²) in [7, 11) is 0. The van der Waals surface area contributed by atoms with Crippen molar-refractivity contribution in [1.82, 2.24) is 0 Å². The fourth-order valence-electron chi connectivity index (χ4n) is 8.00. The van der Waals surface area contributed by atoms with Gasteiger partial charge in [-0.05, 0) is 78.6 Å². The molecule has 2 unspecified atom stereocenters. The first-order chi connectivity index (χ1) is 22.3. The molecular weight excluding hydrogens is 561 g/mol. The monoisotopic (exact) mass is 588 g/mol. The molecule has 6 aromatic rings. The number of benzene rings is 5. The maximum atomic E-state index is 2.41. The highest BCUT2D eigenvalue weighted by atomic mass is 32.1. The number of hydrogen-bond acceptors (Lipinski definition) is 1. The van der Waals surface area contributed by atoms with Crippen LogP contribution in [0.4, 0.5) is 0 Å². The Balaban J connectivity index is 1.04. The van der Waals surface area contributed by atoms with Crippen LogP contribution in [0.2, 0.25) is 0 Å². The minimum absolute atomic E-state index is 0.329. The summed E-state index contributed by atoms with van der Waals surface area (Å²) in [4.78, 5) is 0. The molecular formula is C44H28S. The zero-order valence-electron chi connectivity index (χ0n) is 24.6. The number of rotatable bonds is 3. The van der Waals surface area contributed by atoms with Gasteiger partial charge >= 0.3 is 0 Å². The van der Waals surface area contributed by atoms with E-state index in [9.17, 15) is 0 Å². The van der Waals surface area contributed by atoms with E-state index in [2.05, 4.69) is 158 Å². The maximum absolute atomic E-state index is 2.41. The van der Waals surface area contributed by atoms with Gasteiger partial charge < -0.3 is 0 Å². The molecule has 4 aliphatic carbocycles. The summed E-state index contributed by atoms with van der Waals surface area (Å²) in [5, 5.41) is 5.28. The van der Waals surface area contributed by atoms with E-state index in [0.29, 0.717) is 11.8 Å². The van der Waals surface area contributed by atoms with Gasteiger partial charge in [0.05, 0.1) is 0 Å². The van der Waals surface area contributed by atoms with Crippen molar-refractivity contribution in [3.8, 4) is 11.1 Å². The van der Waals surface area contributed by atoms with E-state index >= 15 is 0 Å². The molecule has 5 aromatic carbocycles. The van der Waals surface area contributed by atoms with E-state index in [1.54, 1.807) is 0 Å². The molecule has 1 aromatic heterocycles. The van der Waals surface area contributed by atoms with Crippen LogP contribution in [0.5, 0.6) is 0 Å². The molecule has 1 heteroatoms. The third-order valence-electron chi connectivity index (χ3n) is 10.1. The van der Waals surface area contributed by atoms with Crippen LogP contribution in [0, 0.1) is 11.8 Å². The lowest BCUT2D eigenvalue weighted by atomic mass is 9.61. The molecule has 0 N–H and O–H groups in total. The number of thiophene rings is 1. The second kappa shape index (κ2) is 9.63. The van der Waals surface area contributed by atoms with Crippen LogP contribution in [-0.4, -0.2) is 0 Å². The maximum Gasteiger partial charge on any atom is 0.0361 e. The fourth-order valence-corrected chi connectivity index (χ4v) is 9.15. The van der Waals surface area contributed by atoms with Crippen molar-refractivity contribution in [3.63, 3.8) is 0 Å². The predicted molar refractivity (Wildman–Crippen MR) is 193 cm³/mol. The molecule has 0 radical (unpaired) electrons. The highest BCUT2D eigenvalue weighted by Crippen LogP contribution is 2.54. The Bertz CT molecular complexity index is 2460. The van der Waals surface area contributed by atoms with E-state index < -0.39 is 0 Å². The quantitative estimate of drug-likeness (QED) is 0.193. The molecule has 0 amide bonds. The van der Waals surface area contributed by atoms with Crippen LogP contribution in [0.25, 0.3) is 53.2 Å². The van der Waals surface area contributed by atoms with Crippen molar-refractivity contribution < 1.29 is 0 Å². The van der Waals surface area contributed by atoms with Crippen molar-refractivity contribution >= 4 is 53.4 Å². The Morgan fingerprint density at radius 1 is 0.467 bits per heavy atom. The van der Waals surface area contributed by atoms with E-state index in [1.807, 2.05) is 11.3 Å². The first kappa shape index (κ1) is 25.1. The van der Waals surface area contributed by atoms with Crippen LogP contribution in [0.15, 0.2) is 180 Å². The molecule has 0 spiro atoms. The minimum Gasteiger partial charge on any atom is -0.135 e. The molecule has 0 saturated carbocycles. The van der Waals surface area contributed by atoms with Gasteiger partial charge in [0.1, 0.15) is 0 Å². The SMILES string of the molecule is C1=CC2=C(c3ccc(-c4cccc5ccccc45)cc3)C=CC3=CC=C4C(c5ccc6c(c5)sc5ccccc56)=CC=C1C4C32. The molecule has 0 aliphatic heterocycles. The number of allylic oxidation sites excluding steroid dienone is 14. The Kier molecular flexibility index (Phi) is 5.38. The average Bonchev–Trinajstić information content (AvgIpc) is 3.48. The van der Waals surface area contributed by atoms with Gasteiger partial charge in [-0.25, -0.2) is 0 Å². The topological polar surface area (TPSA) is 0 Å². The van der Waals surface area contributed by atoms with Gasteiger partial charge in [-0.2, -0.15) is 0 Å². The summed E-state index contributed by atoms with van der Waals surface area (Å²) in [6.07, 6.45) is 18.9. The van der Waals surface area contributed by atoms with Crippen LogP contribution in [0.3, 0.4) is 0 Å². The molecule has 10 rings (SSSR count). The zero-order chi connectivity index (χ0) is 29.5. The van der Waals surface area contributed by atoms with Crippen molar-refractivity contribution in [2.24, 2.45) is 11.8 Å². The molecule has 0 bridgehead atoms. The third-order valence-corrected chi connectivity index (χ3v) is 11.3. The summed E-state index contributed by atoms with van der Waals surface area (Å²) in [5.41, 5.74) is 13.5. The lowest BCUT2D eigenvalue weighted by Crippen LogP contribution is -2.30. The zero-order valence-corrected chi connectivity index (χ0v) is 25.4. The summed E-state index contributed by atoms with van der Waals surface area (Å²) in [6, 6.07) is 40.3. The third kappa shape index (κ3) is 3.78. The molecule has 0 fully saturated rings. The van der Waals surface area contributed by atoms with Crippen molar-refractivity contribution in [3.05, 3.63) is 191 Å². The summed E-state index contributed by atoms with van der Waals surface area (Å²) >= 11 is 1.90. The number of hydrogen-bond donors (Lipinski definition) is 0. The van der Waals surface area contributed by atoms with Crippen molar-refractivity contribution in [1.29, 1.82) is 0 Å². The van der Waals surface area contributed by atoms with Crippen LogP contribution >= 0.6 is 11.3 Å². The fraction of sp³-hybridized carbons (Fsp3) is 0.0455. The van der Waals surface area contributed by atoms with E-state index in [4.69, 9.17) is 0 Å². The van der Waals surface area contributed by atoms with Crippen LogP contribution in [-0.2, 0) is 0 Å². The van der Waals surface area contributed by atoms with Gasteiger partial charge in [0.15, 0.2) is 0 Å². The summed E-state index contributed by atoms with van der Waals surface area (Å²) < 4.78 is 2.71. The smallest absolute Gasteiger partial charge is 0.0361 e. The van der Waals surface area contributed by atoms with E-state index in [-0.39, 0.29) is 0 Å². The van der Waals surface area contributed by atoms with Crippen molar-refractivity contribution in [2.75, 3.05) is 0 Å². The largest absolute Gasteiger partial charge is 0.135 e. The summed E-state index contributed by atoms with van der Waals surface area (Å²) in [6.45, 7) is 0. The molecule has 2 atom stereocenters. The lowest BCUT2D eigenvalue weighted by molar-refractivity contribution is 0.569. The van der Waals surface area contributed by atoms with Gasteiger partial charge in [-0.1, -0.05) is 146 Å². The Morgan fingerprint density at radius 3 is 2.11 bits per heavy atom. The van der Waals surface area contributed by atoms with Gasteiger partial charge in [0.25, 0.3) is 0 Å².